The second-order valence-corrected chi connectivity index (χ2v) is 5.86. The summed E-state index contributed by atoms with van der Waals surface area (Å²) in [5.41, 5.74) is 0.158. The first-order chi connectivity index (χ1) is 12.8. The summed E-state index contributed by atoms with van der Waals surface area (Å²) in [5, 5.41) is 8.91. The molecule has 0 spiro atoms. The molecule has 0 radical (unpaired) electrons. The summed E-state index contributed by atoms with van der Waals surface area (Å²) in [6, 6.07) is 13.3. The lowest BCUT2D eigenvalue weighted by Crippen LogP contribution is -2.08. The van der Waals surface area contributed by atoms with Crippen molar-refractivity contribution in [3.05, 3.63) is 77.2 Å². The van der Waals surface area contributed by atoms with E-state index in [1.165, 1.54) is 18.2 Å². The molecule has 0 saturated carbocycles. The van der Waals surface area contributed by atoms with Gasteiger partial charge in [-0.3, -0.25) is 0 Å². The third-order valence-corrected chi connectivity index (χ3v) is 4.01. The second kappa shape index (κ2) is 7.19. The Kier molecular flexibility index (Phi) is 4.94. The van der Waals surface area contributed by atoms with Gasteiger partial charge >= 0.3 is 12.1 Å². The van der Waals surface area contributed by atoms with Crippen LogP contribution in [0.1, 0.15) is 27.4 Å². The first-order valence-corrected chi connectivity index (χ1v) is 7.98. The molecule has 0 fully saturated rings. The Balaban J connectivity index is 1.88. The van der Waals surface area contributed by atoms with Crippen LogP contribution in [-0.2, 0) is 12.8 Å². The van der Waals surface area contributed by atoms with Crippen LogP contribution < -0.4 is 4.74 Å². The third kappa shape index (κ3) is 4.13. The zero-order chi connectivity index (χ0) is 19.6. The molecule has 0 saturated heterocycles. The smallest absolute Gasteiger partial charge is 0.417 e. The van der Waals surface area contributed by atoms with Crippen LogP contribution in [0, 0.1) is 6.92 Å². The Labute approximate surface area is 152 Å². The van der Waals surface area contributed by atoms with Gasteiger partial charge < -0.3 is 14.3 Å². The number of carboxylic acid groups (broad SMARTS) is 1. The molecule has 1 heterocycles. The predicted molar refractivity (Wildman–Crippen MR) is 91.6 cm³/mol. The van der Waals surface area contributed by atoms with Crippen LogP contribution in [0.15, 0.2) is 59.0 Å². The number of halogens is 3. The number of carbonyl (C=O) groups is 1. The molecule has 27 heavy (non-hydrogen) atoms. The van der Waals surface area contributed by atoms with Crippen molar-refractivity contribution in [2.45, 2.75) is 19.7 Å². The minimum atomic E-state index is -4.55. The fourth-order valence-electron chi connectivity index (χ4n) is 2.65. The van der Waals surface area contributed by atoms with E-state index in [9.17, 15) is 18.0 Å². The van der Waals surface area contributed by atoms with E-state index in [1.54, 1.807) is 37.3 Å². The van der Waals surface area contributed by atoms with Crippen molar-refractivity contribution in [1.82, 2.24) is 0 Å². The molecule has 0 aliphatic rings. The first kappa shape index (κ1) is 18.6. The van der Waals surface area contributed by atoms with Crippen LogP contribution in [0.4, 0.5) is 13.2 Å². The van der Waals surface area contributed by atoms with Gasteiger partial charge in [0.1, 0.15) is 18.1 Å². The number of ether oxygens (including phenoxy) is 1. The number of benzene rings is 2. The molecule has 140 valence electrons. The average Bonchev–Trinajstić information content (AvgIpc) is 3.01. The number of aromatic carboxylic acids is 1. The zero-order valence-electron chi connectivity index (χ0n) is 14.2. The first-order valence-electron chi connectivity index (χ1n) is 7.98. The van der Waals surface area contributed by atoms with Crippen LogP contribution in [0.25, 0.3) is 11.1 Å². The summed E-state index contributed by atoms with van der Waals surface area (Å²) >= 11 is 0. The Morgan fingerprint density at radius 1 is 1.11 bits per heavy atom. The van der Waals surface area contributed by atoms with E-state index in [0.29, 0.717) is 16.9 Å². The number of rotatable bonds is 5. The van der Waals surface area contributed by atoms with Gasteiger partial charge in [0.2, 0.25) is 5.76 Å². The molecule has 3 rings (SSSR count). The van der Waals surface area contributed by atoms with E-state index in [2.05, 4.69) is 0 Å². The van der Waals surface area contributed by atoms with Gasteiger partial charge in [-0.15, -0.1) is 0 Å². The molecule has 3 aromatic rings. The van der Waals surface area contributed by atoms with Gasteiger partial charge in [-0.1, -0.05) is 36.4 Å². The van der Waals surface area contributed by atoms with E-state index in [4.69, 9.17) is 14.3 Å². The molecule has 0 unspecified atom stereocenters. The lowest BCUT2D eigenvalue weighted by Gasteiger charge is -2.15. The monoisotopic (exact) mass is 376 g/mol. The number of hydrogen-bond donors (Lipinski definition) is 1. The van der Waals surface area contributed by atoms with E-state index >= 15 is 0 Å². The largest absolute Gasteiger partial charge is 0.489 e. The van der Waals surface area contributed by atoms with Gasteiger partial charge in [0.05, 0.1) is 5.56 Å². The predicted octanol–water partition coefficient (Wildman–Crippen LogP) is 5.55. The highest BCUT2D eigenvalue weighted by molar-refractivity contribution is 5.84. The fraction of sp³-hybridized carbons (Fsp3) is 0.150. The number of carboxylic acids is 1. The second-order valence-electron chi connectivity index (χ2n) is 5.86. The lowest BCUT2D eigenvalue weighted by atomic mass is 9.99. The maximum atomic E-state index is 13.5. The van der Waals surface area contributed by atoms with E-state index in [-0.39, 0.29) is 23.7 Å². The highest BCUT2D eigenvalue weighted by Crippen LogP contribution is 2.39. The standard InChI is InChI=1S/C20H15F3O4/c1-12-14(9-18(27-12)19(24)25)11-26-15-7-8-16(13-5-3-2-4-6-13)17(10-15)20(21,22)23/h2-10H,11H2,1H3,(H,24,25). The van der Waals surface area contributed by atoms with E-state index < -0.39 is 17.7 Å². The fourth-order valence-corrected chi connectivity index (χ4v) is 2.65. The normalized spacial score (nSPS) is 11.4. The Morgan fingerprint density at radius 3 is 2.41 bits per heavy atom. The Bertz CT molecular complexity index is 959. The van der Waals surface area contributed by atoms with Crippen molar-refractivity contribution < 1.29 is 32.2 Å². The highest BCUT2D eigenvalue weighted by atomic mass is 19.4. The molecule has 0 atom stereocenters. The molecule has 0 amide bonds. The van der Waals surface area contributed by atoms with Crippen molar-refractivity contribution in [2.24, 2.45) is 0 Å². The molecule has 1 N–H and O–H groups in total. The summed E-state index contributed by atoms with van der Waals surface area (Å²) in [4.78, 5) is 10.9. The quantitative estimate of drug-likeness (QED) is 0.634. The van der Waals surface area contributed by atoms with Crippen LogP contribution in [0.5, 0.6) is 5.75 Å². The summed E-state index contributed by atoms with van der Waals surface area (Å²) in [7, 11) is 0. The Hall–Kier alpha value is -3.22. The molecule has 2 aromatic carbocycles. The molecule has 0 bridgehead atoms. The van der Waals surface area contributed by atoms with Gasteiger partial charge in [-0.2, -0.15) is 13.2 Å². The average molecular weight is 376 g/mol. The van der Waals surface area contributed by atoms with Crippen LogP contribution >= 0.6 is 0 Å². The number of alkyl halides is 3. The molecule has 0 aliphatic heterocycles. The van der Waals surface area contributed by atoms with Crippen LogP contribution in [-0.4, -0.2) is 11.1 Å². The van der Waals surface area contributed by atoms with E-state index in [0.717, 1.165) is 6.07 Å². The van der Waals surface area contributed by atoms with Gasteiger partial charge in [0.15, 0.2) is 0 Å². The van der Waals surface area contributed by atoms with Crippen molar-refractivity contribution in [3.8, 4) is 16.9 Å². The minimum absolute atomic E-state index is 0.0273. The maximum Gasteiger partial charge on any atom is 0.417 e. The van der Waals surface area contributed by atoms with Gasteiger partial charge in [0.25, 0.3) is 0 Å². The van der Waals surface area contributed by atoms with Gasteiger partial charge in [-0.25, -0.2) is 4.79 Å². The highest BCUT2D eigenvalue weighted by Gasteiger charge is 2.34. The van der Waals surface area contributed by atoms with Crippen molar-refractivity contribution in [1.29, 1.82) is 0 Å². The number of aryl methyl sites for hydroxylation is 1. The summed E-state index contributed by atoms with van der Waals surface area (Å²) in [6.45, 7) is 1.45. The molecule has 7 heteroatoms. The van der Waals surface area contributed by atoms with Gasteiger partial charge in [-0.05, 0) is 36.2 Å². The minimum Gasteiger partial charge on any atom is -0.489 e. The molecule has 4 nitrogen and oxygen atoms in total. The van der Waals surface area contributed by atoms with Crippen molar-refractivity contribution >= 4 is 5.97 Å². The molecular weight excluding hydrogens is 361 g/mol. The molecule has 0 aliphatic carbocycles. The number of furan rings is 1. The summed E-state index contributed by atoms with van der Waals surface area (Å²) < 4.78 is 51.0. The maximum absolute atomic E-state index is 13.5. The lowest BCUT2D eigenvalue weighted by molar-refractivity contribution is -0.137. The SMILES string of the molecule is Cc1oc(C(=O)O)cc1COc1ccc(-c2ccccc2)c(C(F)(F)F)c1. The van der Waals surface area contributed by atoms with Crippen LogP contribution in [0.2, 0.25) is 0 Å². The number of hydrogen-bond acceptors (Lipinski definition) is 3. The molecule has 1 aromatic heterocycles. The Morgan fingerprint density at radius 2 is 1.81 bits per heavy atom. The summed E-state index contributed by atoms with van der Waals surface area (Å²) in [5.74, 6) is -1.11. The summed E-state index contributed by atoms with van der Waals surface area (Å²) in [6.07, 6.45) is -4.55. The third-order valence-electron chi connectivity index (χ3n) is 4.01. The van der Waals surface area contributed by atoms with Crippen LogP contribution in [0.3, 0.4) is 0 Å². The van der Waals surface area contributed by atoms with Crippen molar-refractivity contribution in [3.63, 3.8) is 0 Å². The molecular formula is C20H15F3O4. The van der Waals surface area contributed by atoms with Crippen molar-refractivity contribution in [2.75, 3.05) is 0 Å². The topological polar surface area (TPSA) is 59.7 Å². The van der Waals surface area contributed by atoms with E-state index in [1.807, 2.05) is 0 Å². The van der Waals surface area contributed by atoms with Gasteiger partial charge in [0, 0.05) is 5.56 Å². The zero-order valence-corrected chi connectivity index (χ0v) is 14.2.